The maximum Gasteiger partial charge on any atom is 0.143 e. The monoisotopic (exact) mass is 253 g/mol. The zero-order chi connectivity index (χ0) is 10.7. The van der Waals surface area contributed by atoms with E-state index in [1.54, 1.807) is 23.5 Å². The van der Waals surface area contributed by atoms with E-state index in [4.69, 9.17) is 0 Å². The normalized spacial score (nSPS) is 15.9. The molecule has 1 nitrogen and oxygen atoms in total. The number of nitrogens with zero attached hydrogens (tertiary/aromatic N) is 1. The van der Waals surface area contributed by atoms with E-state index in [0.717, 1.165) is 4.38 Å². The molecule has 2 rings (SSSR count). The molecule has 4 heteroatoms. The summed E-state index contributed by atoms with van der Waals surface area (Å²) in [4.78, 5) is 1.29. The minimum absolute atomic E-state index is 1.12. The molecule has 0 saturated heterocycles. The van der Waals surface area contributed by atoms with Gasteiger partial charge < -0.3 is 0 Å². The summed E-state index contributed by atoms with van der Waals surface area (Å²) in [7, 11) is 0. The van der Waals surface area contributed by atoms with Gasteiger partial charge in [0, 0.05) is 22.3 Å². The van der Waals surface area contributed by atoms with Crippen LogP contribution in [0.25, 0.3) is 4.91 Å². The van der Waals surface area contributed by atoms with Crippen molar-refractivity contribution in [3.63, 3.8) is 0 Å². The second-order valence-corrected chi connectivity index (χ2v) is 5.83. The van der Waals surface area contributed by atoms with E-state index in [0.29, 0.717) is 0 Å². The van der Waals surface area contributed by atoms with Gasteiger partial charge in [0.15, 0.2) is 0 Å². The van der Waals surface area contributed by atoms with Crippen LogP contribution in [-0.2, 0) is 0 Å². The summed E-state index contributed by atoms with van der Waals surface area (Å²) in [5.74, 6) is 0. The van der Waals surface area contributed by atoms with Crippen LogP contribution in [0.5, 0.6) is 0 Å². The highest BCUT2D eigenvalue weighted by atomic mass is 32.2. The third kappa shape index (κ3) is 2.83. The molecule has 15 heavy (non-hydrogen) atoms. The Hall–Kier alpha value is -0.320. The van der Waals surface area contributed by atoms with Crippen molar-refractivity contribution in [1.29, 1.82) is 0 Å². The first kappa shape index (κ1) is 11.2. The molecule has 0 unspecified atom stereocenters. The lowest BCUT2D eigenvalue weighted by molar-refractivity contribution is 1.46. The van der Waals surface area contributed by atoms with E-state index < -0.39 is 0 Å². The molecule has 0 aromatic heterocycles. The standard InChI is InChI=1S/C11H11NS3/c1-8-3-5-9(6-4-8)10-7-14-12-11(13-2)15-10/h3-7H,1-2H3. The molecule has 0 amide bonds. The van der Waals surface area contributed by atoms with Crippen molar-refractivity contribution >= 4 is 44.8 Å². The highest BCUT2D eigenvalue weighted by Gasteiger charge is 2.10. The van der Waals surface area contributed by atoms with Crippen LogP contribution in [0.1, 0.15) is 11.1 Å². The smallest absolute Gasteiger partial charge is 0.143 e. The van der Waals surface area contributed by atoms with Crippen molar-refractivity contribution in [2.45, 2.75) is 6.92 Å². The Labute approximate surface area is 103 Å². The van der Waals surface area contributed by atoms with Crippen LogP contribution >= 0.6 is 35.5 Å². The summed E-state index contributed by atoms with van der Waals surface area (Å²) in [5, 5.41) is 2.11. The van der Waals surface area contributed by atoms with Crippen molar-refractivity contribution in [1.82, 2.24) is 0 Å². The summed E-state index contributed by atoms with van der Waals surface area (Å²) in [5.41, 5.74) is 2.58. The Morgan fingerprint density at radius 3 is 2.60 bits per heavy atom. The van der Waals surface area contributed by atoms with E-state index in [1.165, 1.54) is 28.0 Å². The van der Waals surface area contributed by atoms with Gasteiger partial charge >= 0.3 is 0 Å². The van der Waals surface area contributed by atoms with Crippen LogP contribution in [0.4, 0.5) is 0 Å². The van der Waals surface area contributed by atoms with Gasteiger partial charge in [-0.1, -0.05) is 41.6 Å². The van der Waals surface area contributed by atoms with E-state index in [2.05, 4.69) is 47.3 Å². The van der Waals surface area contributed by atoms with Gasteiger partial charge in [-0.25, -0.2) is 0 Å². The fraction of sp³-hybridized carbons (Fsp3) is 0.182. The second kappa shape index (κ2) is 5.14. The number of aryl methyl sites for hydroxylation is 1. The van der Waals surface area contributed by atoms with Crippen LogP contribution in [-0.4, -0.2) is 10.6 Å². The highest BCUT2D eigenvalue weighted by Crippen LogP contribution is 2.38. The topological polar surface area (TPSA) is 12.4 Å². The average molecular weight is 253 g/mol. The molecule has 0 radical (unpaired) electrons. The van der Waals surface area contributed by atoms with Crippen molar-refractivity contribution in [3.05, 3.63) is 40.8 Å². The number of hydrogen-bond donors (Lipinski definition) is 0. The zero-order valence-electron chi connectivity index (χ0n) is 8.56. The lowest BCUT2D eigenvalue weighted by Crippen LogP contribution is -1.89. The van der Waals surface area contributed by atoms with Crippen LogP contribution in [0.2, 0.25) is 0 Å². The quantitative estimate of drug-likeness (QED) is 0.688. The largest absolute Gasteiger partial charge is 0.198 e. The minimum atomic E-state index is 1.12. The van der Waals surface area contributed by atoms with Gasteiger partial charge in [0.1, 0.15) is 4.38 Å². The fourth-order valence-corrected chi connectivity index (χ4v) is 3.62. The van der Waals surface area contributed by atoms with Crippen LogP contribution in [0.3, 0.4) is 0 Å². The van der Waals surface area contributed by atoms with Crippen LogP contribution < -0.4 is 0 Å². The van der Waals surface area contributed by atoms with Gasteiger partial charge in [0.2, 0.25) is 0 Å². The van der Waals surface area contributed by atoms with Gasteiger partial charge in [-0.15, -0.1) is 11.8 Å². The molecule has 0 saturated carbocycles. The van der Waals surface area contributed by atoms with Crippen molar-refractivity contribution < 1.29 is 0 Å². The molecule has 1 aliphatic heterocycles. The molecule has 1 aliphatic rings. The number of thioether (sulfide) groups is 2. The van der Waals surface area contributed by atoms with Gasteiger partial charge in [-0.3, -0.25) is 0 Å². The fourth-order valence-electron chi connectivity index (χ4n) is 1.18. The Morgan fingerprint density at radius 2 is 1.93 bits per heavy atom. The molecule has 0 bridgehead atoms. The van der Waals surface area contributed by atoms with Crippen molar-refractivity contribution in [2.24, 2.45) is 4.40 Å². The number of rotatable bonds is 1. The molecule has 0 N–H and O–H groups in total. The number of hydrogen-bond acceptors (Lipinski definition) is 4. The first-order valence-corrected chi connectivity index (χ1v) is 7.40. The molecule has 0 atom stereocenters. The summed E-state index contributed by atoms with van der Waals surface area (Å²) >= 11 is 4.96. The predicted octanol–water partition coefficient (Wildman–Crippen LogP) is 4.41. The van der Waals surface area contributed by atoms with Crippen LogP contribution in [0.15, 0.2) is 34.1 Å². The van der Waals surface area contributed by atoms with E-state index in [-0.39, 0.29) is 0 Å². The molecule has 0 aliphatic carbocycles. The first-order valence-electron chi connectivity index (χ1n) is 4.52. The van der Waals surface area contributed by atoms with E-state index >= 15 is 0 Å². The van der Waals surface area contributed by atoms with E-state index in [1.807, 2.05) is 0 Å². The van der Waals surface area contributed by atoms with Gasteiger partial charge in [0.05, 0.1) is 0 Å². The Morgan fingerprint density at radius 1 is 1.20 bits per heavy atom. The Kier molecular flexibility index (Phi) is 3.83. The summed E-state index contributed by atoms with van der Waals surface area (Å²) < 4.78 is 5.45. The summed E-state index contributed by atoms with van der Waals surface area (Å²) in [6.07, 6.45) is 2.06. The molecule has 1 heterocycles. The first-order chi connectivity index (χ1) is 7.29. The third-order valence-corrected chi connectivity index (χ3v) is 5.03. The second-order valence-electron chi connectivity index (χ2n) is 3.12. The third-order valence-electron chi connectivity index (χ3n) is 1.99. The zero-order valence-corrected chi connectivity index (χ0v) is 11.0. The van der Waals surface area contributed by atoms with Gasteiger partial charge in [0.25, 0.3) is 0 Å². The molecule has 1 aromatic carbocycles. The molecule has 0 spiro atoms. The Balaban J connectivity index is 2.18. The van der Waals surface area contributed by atoms with Gasteiger partial charge in [-0.2, -0.15) is 4.40 Å². The molecular weight excluding hydrogens is 242 g/mol. The van der Waals surface area contributed by atoms with E-state index in [9.17, 15) is 0 Å². The lowest BCUT2D eigenvalue weighted by Gasteiger charge is -2.11. The highest BCUT2D eigenvalue weighted by molar-refractivity contribution is 8.43. The molecular formula is C11H11NS3. The maximum atomic E-state index is 4.32. The summed E-state index contributed by atoms with van der Waals surface area (Å²) in [6.45, 7) is 2.11. The minimum Gasteiger partial charge on any atom is -0.198 e. The molecule has 78 valence electrons. The predicted molar refractivity (Wildman–Crippen MR) is 75.3 cm³/mol. The summed E-state index contributed by atoms with van der Waals surface area (Å²) in [6, 6.07) is 8.62. The molecule has 1 aromatic rings. The Bertz CT molecular complexity index is 406. The average Bonchev–Trinajstić information content (AvgIpc) is 2.30. The van der Waals surface area contributed by atoms with Crippen molar-refractivity contribution in [3.8, 4) is 0 Å². The van der Waals surface area contributed by atoms with Crippen molar-refractivity contribution in [2.75, 3.05) is 6.26 Å². The maximum absolute atomic E-state index is 4.32. The van der Waals surface area contributed by atoms with Gasteiger partial charge in [-0.05, 0) is 18.7 Å². The van der Waals surface area contributed by atoms with Crippen LogP contribution in [0, 0.1) is 6.92 Å². The number of benzene rings is 1. The lowest BCUT2D eigenvalue weighted by atomic mass is 10.1. The SMILES string of the molecule is CSC1=NSC=C(c2ccc(C)cc2)S1. The molecule has 0 fully saturated rings.